The third kappa shape index (κ3) is 1.50. The van der Waals surface area contributed by atoms with Crippen molar-refractivity contribution in [1.29, 1.82) is 0 Å². The van der Waals surface area contributed by atoms with E-state index in [4.69, 9.17) is 4.74 Å². The number of esters is 1. The van der Waals surface area contributed by atoms with Crippen molar-refractivity contribution in [2.75, 3.05) is 0 Å². The molecule has 1 aliphatic heterocycles. The average molecular weight is 157 g/mol. The average Bonchev–Trinajstić information content (AvgIpc) is 1.97. The lowest BCUT2D eigenvalue weighted by molar-refractivity contribution is -0.165. The lowest BCUT2D eigenvalue weighted by atomic mass is 10.2. The van der Waals surface area contributed by atoms with Crippen LogP contribution < -0.4 is 5.32 Å². The maximum atomic E-state index is 11.0. The highest BCUT2D eigenvalue weighted by molar-refractivity contribution is 5.92. The van der Waals surface area contributed by atoms with Gasteiger partial charge < -0.3 is 10.1 Å². The second-order valence-corrected chi connectivity index (χ2v) is 2.56. The summed E-state index contributed by atoms with van der Waals surface area (Å²) < 4.78 is 4.81. The minimum absolute atomic E-state index is 0.195. The summed E-state index contributed by atoms with van der Waals surface area (Å²) in [6.07, 6.45) is -0.0525. The van der Waals surface area contributed by atoms with Crippen LogP contribution in [0.1, 0.15) is 20.3 Å². The van der Waals surface area contributed by atoms with E-state index in [2.05, 4.69) is 5.32 Å². The van der Waals surface area contributed by atoms with Gasteiger partial charge in [0.1, 0.15) is 6.04 Å². The van der Waals surface area contributed by atoms with Crippen LogP contribution in [0.5, 0.6) is 0 Å². The molecule has 0 bridgehead atoms. The zero-order chi connectivity index (χ0) is 8.43. The Morgan fingerprint density at radius 2 is 2.18 bits per heavy atom. The van der Waals surface area contributed by atoms with Crippen molar-refractivity contribution in [2.24, 2.45) is 0 Å². The van der Waals surface area contributed by atoms with E-state index in [1.165, 1.54) is 0 Å². The topological polar surface area (TPSA) is 55.4 Å². The molecule has 4 nitrogen and oxygen atoms in total. The number of hydrogen-bond donors (Lipinski definition) is 1. The maximum absolute atomic E-state index is 11.0. The quantitative estimate of drug-likeness (QED) is 0.537. The smallest absolute Gasteiger partial charge is 0.329 e. The van der Waals surface area contributed by atoms with E-state index in [9.17, 15) is 9.59 Å². The van der Waals surface area contributed by atoms with Crippen molar-refractivity contribution in [1.82, 2.24) is 5.32 Å². The SMILES string of the molecule is CCC1OC(=O)[C@H](C)NC1=O. The van der Waals surface area contributed by atoms with Crippen LogP contribution in [0.4, 0.5) is 0 Å². The first kappa shape index (κ1) is 8.04. The van der Waals surface area contributed by atoms with Crippen LogP contribution in [-0.4, -0.2) is 24.0 Å². The van der Waals surface area contributed by atoms with Crippen molar-refractivity contribution in [3.8, 4) is 0 Å². The predicted molar refractivity (Wildman–Crippen MR) is 37.8 cm³/mol. The zero-order valence-electron chi connectivity index (χ0n) is 6.59. The van der Waals surface area contributed by atoms with Gasteiger partial charge in [0.2, 0.25) is 0 Å². The summed E-state index contributed by atoms with van der Waals surface area (Å²) in [6, 6.07) is -0.495. The molecule has 1 saturated heterocycles. The third-order valence-corrected chi connectivity index (χ3v) is 1.63. The number of ether oxygens (including phenoxy) is 1. The first-order valence-electron chi connectivity index (χ1n) is 3.66. The molecule has 0 aromatic rings. The van der Waals surface area contributed by atoms with Crippen LogP contribution in [0, 0.1) is 0 Å². The molecule has 0 aliphatic carbocycles. The Bertz CT molecular complexity index is 190. The number of carbonyl (C=O) groups is 2. The van der Waals surface area contributed by atoms with Crippen LogP contribution in [0.2, 0.25) is 0 Å². The summed E-state index contributed by atoms with van der Waals surface area (Å²) in [5, 5.41) is 2.52. The fourth-order valence-corrected chi connectivity index (χ4v) is 0.930. The molecule has 1 heterocycles. The summed E-state index contributed by atoms with van der Waals surface area (Å²) in [7, 11) is 0. The van der Waals surface area contributed by atoms with Gasteiger partial charge in [-0.25, -0.2) is 4.79 Å². The molecule has 0 saturated carbocycles. The molecule has 2 atom stereocenters. The molecule has 1 rings (SSSR count). The molecule has 4 heteroatoms. The minimum Gasteiger partial charge on any atom is -0.451 e. The molecule has 1 N–H and O–H groups in total. The van der Waals surface area contributed by atoms with Gasteiger partial charge in [-0.1, -0.05) is 6.92 Å². The first-order valence-corrected chi connectivity index (χ1v) is 3.66. The lowest BCUT2D eigenvalue weighted by Crippen LogP contribution is -2.52. The Morgan fingerprint density at radius 1 is 1.55 bits per heavy atom. The van der Waals surface area contributed by atoms with Gasteiger partial charge in [0.25, 0.3) is 5.91 Å². The van der Waals surface area contributed by atoms with Crippen LogP contribution in [0.3, 0.4) is 0 Å². The number of nitrogens with one attached hydrogen (secondary N) is 1. The molecule has 1 aliphatic rings. The molecule has 1 fully saturated rings. The standard InChI is InChI=1S/C7H11NO3/c1-3-5-6(9)8-4(2)7(10)11-5/h4-5H,3H2,1-2H3,(H,8,9)/t4-,5?/m0/s1. The van der Waals surface area contributed by atoms with Crippen LogP contribution >= 0.6 is 0 Å². The number of hydrogen-bond acceptors (Lipinski definition) is 3. The Morgan fingerprint density at radius 3 is 2.73 bits per heavy atom. The first-order chi connectivity index (χ1) is 5.15. The van der Waals surface area contributed by atoms with Gasteiger partial charge in [-0.05, 0) is 13.3 Å². The number of carbonyl (C=O) groups excluding carboxylic acids is 2. The van der Waals surface area contributed by atoms with Crippen molar-refractivity contribution in [2.45, 2.75) is 32.4 Å². The van der Waals surface area contributed by atoms with Crippen molar-refractivity contribution >= 4 is 11.9 Å². The van der Waals surface area contributed by atoms with E-state index in [1.807, 2.05) is 0 Å². The van der Waals surface area contributed by atoms with E-state index >= 15 is 0 Å². The Balaban J connectivity index is 2.62. The Hall–Kier alpha value is -1.06. The molecular weight excluding hydrogens is 146 g/mol. The highest BCUT2D eigenvalue weighted by atomic mass is 16.6. The molecule has 0 aromatic heterocycles. The fraction of sp³-hybridized carbons (Fsp3) is 0.714. The second kappa shape index (κ2) is 2.90. The molecule has 1 amide bonds. The van der Waals surface area contributed by atoms with Gasteiger partial charge in [0.05, 0.1) is 0 Å². The molecule has 11 heavy (non-hydrogen) atoms. The van der Waals surface area contributed by atoms with Gasteiger partial charge in [-0.15, -0.1) is 0 Å². The molecule has 62 valence electrons. The number of morpholine rings is 1. The van der Waals surface area contributed by atoms with Crippen LogP contribution in [-0.2, 0) is 14.3 Å². The fourth-order valence-electron chi connectivity index (χ4n) is 0.930. The Kier molecular flexibility index (Phi) is 2.12. The minimum atomic E-state index is -0.585. The highest BCUT2D eigenvalue weighted by Crippen LogP contribution is 2.06. The van der Waals surface area contributed by atoms with Gasteiger partial charge >= 0.3 is 5.97 Å². The molecule has 0 aromatic carbocycles. The number of cyclic esters (lactones) is 1. The van der Waals surface area contributed by atoms with Crippen LogP contribution in [0.25, 0.3) is 0 Å². The summed E-state index contributed by atoms with van der Waals surface area (Å²) in [5.74, 6) is -0.545. The number of rotatable bonds is 1. The van der Waals surface area contributed by atoms with Gasteiger partial charge in [-0.2, -0.15) is 0 Å². The third-order valence-electron chi connectivity index (χ3n) is 1.63. The van der Waals surface area contributed by atoms with E-state index in [0.717, 1.165) is 0 Å². The highest BCUT2D eigenvalue weighted by Gasteiger charge is 2.31. The zero-order valence-corrected chi connectivity index (χ0v) is 6.59. The van der Waals surface area contributed by atoms with Gasteiger partial charge in [0.15, 0.2) is 6.10 Å². The van der Waals surface area contributed by atoms with Gasteiger partial charge in [0, 0.05) is 0 Å². The van der Waals surface area contributed by atoms with Crippen molar-refractivity contribution in [3.05, 3.63) is 0 Å². The molecular formula is C7H11NO3. The second-order valence-electron chi connectivity index (χ2n) is 2.56. The maximum Gasteiger partial charge on any atom is 0.329 e. The molecule has 0 spiro atoms. The van der Waals surface area contributed by atoms with E-state index in [0.29, 0.717) is 6.42 Å². The molecule has 0 radical (unpaired) electrons. The summed E-state index contributed by atoms with van der Waals surface area (Å²) in [6.45, 7) is 3.40. The van der Waals surface area contributed by atoms with E-state index in [1.54, 1.807) is 13.8 Å². The number of amides is 1. The predicted octanol–water partition coefficient (Wildman–Crippen LogP) is -0.173. The lowest BCUT2D eigenvalue weighted by Gasteiger charge is -2.25. The van der Waals surface area contributed by atoms with Gasteiger partial charge in [-0.3, -0.25) is 4.79 Å². The Labute approximate surface area is 64.9 Å². The normalized spacial score (nSPS) is 31.1. The monoisotopic (exact) mass is 157 g/mol. The summed E-state index contributed by atoms with van der Waals surface area (Å²) in [4.78, 5) is 21.9. The summed E-state index contributed by atoms with van der Waals surface area (Å²) in [5.41, 5.74) is 0. The van der Waals surface area contributed by atoms with E-state index < -0.39 is 12.1 Å². The van der Waals surface area contributed by atoms with E-state index in [-0.39, 0.29) is 11.9 Å². The molecule has 1 unspecified atom stereocenters. The largest absolute Gasteiger partial charge is 0.451 e. The van der Waals surface area contributed by atoms with Crippen molar-refractivity contribution in [3.63, 3.8) is 0 Å². The van der Waals surface area contributed by atoms with Crippen LogP contribution in [0.15, 0.2) is 0 Å². The van der Waals surface area contributed by atoms with Crippen molar-refractivity contribution < 1.29 is 14.3 Å². The summed E-state index contributed by atoms with van der Waals surface area (Å²) >= 11 is 0.